The van der Waals surface area contributed by atoms with E-state index in [0.717, 1.165) is 38.2 Å². The van der Waals surface area contributed by atoms with Gasteiger partial charge in [-0.05, 0) is 85.3 Å². The van der Waals surface area contributed by atoms with Gasteiger partial charge in [-0.1, -0.05) is 50.8 Å². The fourth-order valence-corrected chi connectivity index (χ4v) is 7.03. The Labute approximate surface area is 224 Å². The largest absolute Gasteiger partial charge is 0.501 e. The highest BCUT2D eigenvalue weighted by atomic mass is 19.2. The lowest BCUT2D eigenvalue weighted by Gasteiger charge is -2.32. The predicted octanol–water partition coefficient (Wildman–Crippen LogP) is 7.88. The first kappa shape index (κ1) is 26.8. The van der Waals surface area contributed by atoms with Gasteiger partial charge >= 0.3 is 0 Å². The highest BCUT2D eigenvalue weighted by Crippen LogP contribution is 2.45. The van der Waals surface area contributed by atoms with Gasteiger partial charge in [-0.3, -0.25) is 4.79 Å². The Morgan fingerprint density at radius 3 is 2.58 bits per heavy atom. The zero-order valence-corrected chi connectivity index (χ0v) is 22.2. The van der Waals surface area contributed by atoms with Crippen LogP contribution in [0.4, 0.5) is 13.2 Å². The van der Waals surface area contributed by atoms with Crippen molar-refractivity contribution in [3.05, 3.63) is 83.4 Å². The Balaban J connectivity index is 1.20. The van der Waals surface area contributed by atoms with Gasteiger partial charge in [-0.15, -0.1) is 0 Å². The molecule has 3 unspecified atom stereocenters. The van der Waals surface area contributed by atoms with Crippen LogP contribution < -0.4 is 0 Å². The van der Waals surface area contributed by atoms with Crippen molar-refractivity contribution in [2.75, 3.05) is 19.7 Å². The molecule has 1 amide bonds. The Morgan fingerprint density at radius 2 is 1.82 bits per heavy atom. The topological polar surface area (TPSA) is 29.5 Å². The molecule has 1 saturated heterocycles. The number of amides is 1. The van der Waals surface area contributed by atoms with E-state index in [2.05, 4.69) is 13.0 Å². The van der Waals surface area contributed by atoms with Gasteiger partial charge in [0.25, 0.3) is 5.91 Å². The second kappa shape index (κ2) is 11.5. The maximum atomic E-state index is 14.4. The van der Waals surface area contributed by atoms with Crippen LogP contribution in [-0.2, 0) is 4.74 Å². The molecule has 0 bridgehead atoms. The van der Waals surface area contributed by atoms with Crippen LogP contribution >= 0.6 is 0 Å². The summed E-state index contributed by atoms with van der Waals surface area (Å²) < 4.78 is 47.1. The minimum Gasteiger partial charge on any atom is -0.501 e. The number of likely N-dealkylation sites (tertiary alicyclic amines) is 1. The highest BCUT2D eigenvalue weighted by molar-refractivity contribution is 5.94. The molecule has 0 N–H and O–H groups in total. The Morgan fingerprint density at radius 1 is 1.00 bits per heavy atom. The van der Waals surface area contributed by atoms with Crippen LogP contribution in [0, 0.1) is 40.6 Å². The van der Waals surface area contributed by atoms with Crippen LogP contribution in [0.5, 0.6) is 0 Å². The molecule has 2 aromatic carbocycles. The lowest BCUT2D eigenvalue weighted by molar-refractivity contribution is 0.0762. The second-order valence-corrected chi connectivity index (χ2v) is 11.9. The van der Waals surface area contributed by atoms with Crippen LogP contribution in [0.1, 0.15) is 80.1 Å². The summed E-state index contributed by atoms with van der Waals surface area (Å²) in [5.74, 6) is -0.991. The van der Waals surface area contributed by atoms with Crippen LogP contribution in [0.25, 0.3) is 0 Å². The van der Waals surface area contributed by atoms with E-state index in [-0.39, 0.29) is 28.6 Å². The van der Waals surface area contributed by atoms with E-state index < -0.39 is 17.5 Å². The number of rotatable bonds is 7. The van der Waals surface area contributed by atoms with Crippen molar-refractivity contribution in [2.45, 2.75) is 64.2 Å². The van der Waals surface area contributed by atoms with E-state index in [0.29, 0.717) is 31.5 Å². The molecule has 3 nitrogen and oxygen atoms in total. The van der Waals surface area contributed by atoms with E-state index in [9.17, 15) is 18.0 Å². The average Bonchev–Trinajstić information content (AvgIpc) is 3.48. The lowest BCUT2D eigenvalue weighted by Crippen LogP contribution is -2.34. The van der Waals surface area contributed by atoms with Gasteiger partial charge < -0.3 is 9.64 Å². The standard InChI is InChI=1S/C32H38F3NO2/c1-32(17-18-38-21-32)28-20-36(31(37)27-9-4-10-29(34)30(27)35)19-25(28)8-3-6-22-5-2-7-23(12-11-22)24-13-15-26(33)16-14-24/h4,9-10,13-18,22-23,25,28H,2-3,5-8,11-12,19-21H2,1H3/t22?,23?,25-,28-,32?/m1/s1. The highest BCUT2D eigenvalue weighted by Gasteiger charge is 2.46. The minimum absolute atomic E-state index is 0.176. The molecule has 0 radical (unpaired) electrons. The van der Waals surface area contributed by atoms with Crippen LogP contribution in [0.15, 0.2) is 54.8 Å². The SMILES string of the molecule is CC1([C@@H]2CN(C(=O)c3cccc(F)c3F)C[C@H]2CCCC2CCCC(c3ccc(F)cc3)CC2)C=COC1. The Kier molecular flexibility index (Phi) is 8.15. The summed E-state index contributed by atoms with van der Waals surface area (Å²) in [6.07, 6.45) is 13.0. The summed E-state index contributed by atoms with van der Waals surface area (Å²) >= 11 is 0. The first-order valence-electron chi connectivity index (χ1n) is 14.1. The maximum Gasteiger partial charge on any atom is 0.256 e. The van der Waals surface area contributed by atoms with E-state index in [1.54, 1.807) is 23.3 Å². The summed E-state index contributed by atoms with van der Waals surface area (Å²) in [7, 11) is 0. The third kappa shape index (κ3) is 5.79. The molecule has 2 aromatic rings. The van der Waals surface area contributed by atoms with Gasteiger partial charge in [0.05, 0.1) is 18.4 Å². The fourth-order valence-electron chi connectivity index (χ4n) is 7.03. The van der Waals surface area contributed by atoms with Crippen molar-refractivity contribution in [2.24, 2.45) is 23.2 Å². The Bertz CT molecular complexity index is 1150. The molecule has 38 heavy (non-hydrogen) atoms. The summed E-state index contributed by atoms with van der Waals surface area (Å²) in [5, 5.41) is 0. The van der Waals surface area contributed by atoms with Crippen LogP contribution in [-0.4, -0.2) is 30.5 Å². The molecular formula is C32H38F3NO2. The van der Waals surface area contributed by atoms with Gasteiger partial charge in [0.2, 0.25) is 0 Å². The molecule has 5 atom stereocenters. The van der Waals surface area contributed by atoms with E-state index in [4.69, 9.17) is 4.74 Å². The Hall–Kier alpha value is -2.76. The first-order valence-corrected chi connectivity index (χ1v) is 14.1. The maximum absolute atomic E-state index is 14.4. The van der Waals surface area contributed by atoms with Gasteiger partial charge in [-0.2, -0.15) is 0 Å². The predicted molar refractivity (Wildman–Crippen MR) is 142 cm³/mol. The molecular weight excluding hydrogens is 487 g/mol. The number of carbonyl (C=O) groups excluding carboxylic acids is 1. The third-order valence-electron chi connectivity index (χ3n) is 9.31. The molecule has 2 fully saturated rings. The fraction of sp³-hybridized carbons (Fsp3) is 0.531. The summed E-state index contributed by atoms with van der Waals surface area (Å²) in [6.45, 7) is 3.83. The molecule has 204 valence electrons. The quantitative estimate of drug-likeness (QED) is 0.344. The van der Waals surface area contributed by atoms with Gasteiger partial charge in [0.15, 0.2) is 11.6 Å². The number of carbonyl (C=O) groups is 1. The number of hydrogen-bond acceptors (Lipinski definition) is 2. The molecule has 3 aliphatic rings. The monoisotopic (exact) mass is 525 g/mol. The summed E-state index contributed by atoms with van der Waals surface area (Å²) in [6, 6.07) is 10.8. The molecule has 1 aliphatic carbocycles. The zero-order chi connectivity index (χ0) is 26.7. The van der Waals surface area contributed by atoms with E-state index in [1.807, 2.05) is 12.1 Å². The van der Waals surface area contributed by atoms with Crippen molar-refractivity contribution < 1.29 is 22.7 Å². The summed E-state index contributed by atoms with van der Waals surface area (Å²) in [5.41, 5.74) is 0.882. The minimum atomic E-state index is -1.07. The van der Waals surface area contributed by atoms with E-state index >= 15 is 0 Å². The average molecular weight is 526 g/mol. The number of halogens is 3. The number of ether oxygens (including phenoxy) is 1. The summed E-state index contributed by atoms with van der Waals surface area (Å²) in [4.78, 5) is 14.9. The molecule has 0 spiro atoms. The number of hydrogen-bond donors (Lipinski definition) is 0. The number of benzene rings is 2. The van der Waals surface area contributed by atoms with Crippen LogP contribution in [0.2, 0.25) is 0 Å². The lowest BCUT2D eigenvalue weighted by atomic mass is 9.71. The molecule has 1 saturated carbocycles. The van der Waals surface area contributed by atoms with Crippen molar-refractivity contribution in [1.29, 1.82) is 0 Å². The zero-order valence-electron chi connectivity index (χ0n) is 22.2. The van der Waals surface area contributed by atoms with Crippen molar-refractivity contribution in [3.63, 3.8) is 0 Å². The van der Waals surface area contributed by atoms with Gasteiger partial charge in [0, 0.05) is 18.5 Å². The molecule has 2 heterocycles. The molecule has 0 aromatic heterocycles. The second-order valence-electron chi connectivity index (χ2n) is 11.9. The smallest absolute Gasteiger partial charge is 0.256 e. The van der Waals surface area contributed by atoms with Crippen molar-refractivity contribution in [3.8, 4) is 0 Å². The number of nitrogens with zero attached hydrogens (tertiary/aromatic N) is 1. The normalized spacial score (nSPS) is 29.3. The molecule has 2 aliphatic heterocycles. The third-order valence-corrected chi connectivity index (χ3v) is 9.31. The first-order chi connectivity index (χ1) is 18.3. The van der Waals surface area contributed by atoms with Gasteiger partial charge in [-0.25, -0.2) is 13.2 Å². The van der Waals surface area contributed by atoms with Crippen LogP contribution in [0.3, 0.4) is 0 Å². The molecule has 5 rings (SSSR count). The van der Waals surface area contributed by atoms with Gasteiger partial charge in [0.1, 0.15) is 5.82 Å². The van der Waals surface area contributed by atoms with Crippen molar-refractivity contribution in [1.82, 2.24) is 4.90 Å². The van der Waals surface area contributed by atoms with Crippen molar-refractivity contribution >= 4 is 5.91 Å². The van der Waals surface area contributed by atoms with E-state index in [1.165, 1.54) is 37.0 Å². The molecule has 6 heteroatoms.